The molecule has 1 aliphatic heterocycles. The van der Waals surface area contributed by atoms with Crippen LogP contribution in [0.4, 0.5) is 5.69 Å². The predicted octanol–water partition coefficient (Wildman–Crippen LogP) is 7.01. The van der Waals surface area contributed by atoms with Crippen LogP contribution in [0.25, 0.3) is 11.3 Å². The number of hydrogen-bond donors (Lipinski definition) is 1. The molecule has 0 saturated heterocycles. The van der Waals surface area contributed by atoms with Gasteiger partial charge in [0.1, 0.15) is 0 Å². The Balaban J connectivity index is 1.62. The lowest BCUT2D eigenvalue weighted by Gasteiger charge is -2.22. The Kier molecular flexibility index (Phi) is 6.99. The maximum absolute atomic E-state index is 6.40. The number of nitrogens with zero attached hydrogens (tertiary/aromatic N) is 3. The minimum Gasteiger partial charge on any atom is -0.448 e. The largest absolute Gasteiger partial charge is 0.448 e. The number of nitrogens with one attached hydrogen (secondary N) is 1. The molecular weight excluding hydrogens is 416 g/mol. The first-order chi connectivity index (χ1) is 15.5. The van der Waals surface area contributed by atoms with Gasteiger partial charge in [0.2, 0.25) is 11.0 Å². The molecule has 0 fully saturated rings. The van der Waals surface area contributed by atoms with Gasteiger partial charge in [-0.15, -0.1) is 10.2 Å². The summed E-state index contributed by atoms with van der Waals surface area (Å²) in [6.07, 6.45) is 4.55. The summed E-state index contributed by atoms with van der Waals surface area (Å²) in [6.45, 7) is 8.89. The molecule has 168 valence electrons. The van der Waals surface area contributed by atoms with Gasteiger partial charge in [0.25, 0.3) is 0 Å². The van der Waals surface area contributed by atoms with Crippen LogP contribution in [-0.4, -0.2) is 20.9 Å². The minimum atomic E-state index is -0.356. The number of rotatable bonds is 7. The highest BCUT2D eigenvalue weighted by molar-refractivity contribution is 7.99. The van der Waals surface area contributed by atoms with E-state index in [0.29, 0.717) is 16.7 Å². The zero-order valence-electron chi connectivity index (χ0n) is 19.4. The Bertz CT molecular complexity index is 1050. The van der Waals surface area contributed by atoms with E-state index in [9.17, 15) is 0 Å². The fraction of sp³-hybridized carbons (Fsp3) is 0.423. The van der Waals surface area contributed by atoms with Crippen molar-refractivity contribution in [3.63, 3.8) is 0 Å². The third-order valence-corrected chi connectivity index (χ3v) is 6.57. The van der Waals surface area contributed by atoms with Crippen LogP contribution < -0.4 is 10.1 Å². The SMILES string of the molecule is CCCCCCSc1nnc2c(n1)O[C@H](c1ccc(C(C)(C)C)cc1)Nc1ccccc1-2. The van der Waals surface area contributed by atoms with Gasteiger partial charge in [-0.3, -0.25) is 0 Å². The van der Waals surface area contributed by atoms with Crippen molar-refractivity contribution in [2.75, 3.05) is 11.1 Å². The molecule has 32 heavy (non-hydrogen) atoms. The second kappa shape index (κ2) is 9.90. The molecule has 1 aliphatic rings. The fourth-order valence-electron chi connectivity index (χ4n) is 3.71. The van der Waals surface area contributed by atoms with Crippen molar-refractivity contribution >= 4 is 17.4 Å². The Labute approximate surface area is 195 Å². The maximum Gasteiger partial charge on any atom is 0.247 e. The highest BCUT2D eigenvalue weighted by Gasteiger charge is 2.26. The van der Waals surface area contributed by atoms with E-state index in [0.717, 1.165) is 29.0 Å². The van der Waals surface area contributed by atoms with E-state index in [1.165, 1.54) is 24.8 Å². The molecule has 6 heteroatoms. The van der Waals surface area contributed by atoms with Gasteiger partial charge < -0.3 is 10.1 Å². The van der Waals surface area contributed by atoms with Crippen LogP contribution in [0.15, 0.2) is 53.7 Å². The van der Waals surface area contributed by atoms with Gasteiger partial charge in [0.05, 0.1) is 0 Å². The highest BCUT2D eigenvalue weighted by Crippen LogP contribution is 2.39. The monoisotopic (exact) mass is 448 g/mol. The van der Waals surface area contributed by atoms with Crippen molar-refractivity contribution in [3.8, 4) is 17.1 Å². The van der Waals surface area contributed by atoms with Gasteiger partial charge in [0, 0.05) is 22.6 Å². The fourth-order valence-corrected chi connectivity index (χ4v) is 4.49. The Morgan fingerprint density at radius 3 is 2.50 bits per heavy atom. The molecule has 0 aliphatic carbocycles. The van der Waals surface area contributed by atoms with Crippen molar-refractivity contribution in [2.45, 2.75) is 70.2 Å². The average molecular weight is 449 g/mol. The van der Waals surface area contributed by atoms with Crippen LogP contribution in [0.5, 0.6) is 5.88 Å². The number of unbranched alkanes of at least 4 members (excludes halogenated alkanes) is 3. The smallest absolute Gasteiger partial charge is 0.247 e. The molecule has 0 amide bonds. The summed E-state index contributed by atoms with van der Waals surface area (Å²) < 4.78 is 6.40. The normalized spacial score (nSPS) is 15.2. The van der Waals surface area contributed by atoms with Crippen molar-refractivity contribution < 1.29 is 4.74 Å². The van der Waals surface area contributed by atoms with Crippen molar-refractivity contribution in [3.05, 3.63) is 59.7 Å². The second-order valence-corrected chi connectivity index (χ2v) is 10.3. The van der Waals surface area contributed by atoms with E-state index in [2.05, 4.69) is 67.5 Å². The molecule has 1 atom stereocenters. The minimum absolute atomic E-state index is 0.107. The first-order valence-electron chi connectivity index (χ1n) is 11.5. The first-order valence-corrected chi connectivity index (χ1v) is 12.4. The Morgan fingerprint density at radius 2 is 1.75 bits per heavy atom. The third kappa shape index (κ3) is 5.23. The first kappa shape index (κ1) is 22.6. The zero-order valence-corrected chi connectivity index (χ0v) is 20.2. The van der Waals surface area contributed by atoms with Gasteiger partial charge >= 0.3 is 0 Å². The Morgan fingerprint density at radius 1 is 0.969 bits per heavy atom. The van der Waals surface area contributed by atoms with Crippen LogP contribution in [0.3, 0.4) is 0 Å². The van der Waals surface area contributed by atoms with Crippen molar-refractivity contribution in [1.29, 1.82) is 0 Å². The second-order valence-electron chi connectivity index (χ2n) is 9.22. The van der Waals surface area contributed by atoms with Crippen molar-refractivity contribution in [1.82, 2.24) is 15.2 Å². The van der Waals surface area contributed by atoms with Crippen LogP contribution in [0, 0.1) is 0 Å². The van der Waals surface area contributed by atoms with Crippen LogP contribution in [0.1, 0.15) is 70.7 Å². The van der Waals surface area contributed by atoms with E-state index < -0.39 is 0 Å². The number of benzene rings is 2. The summed E-state index contributed by atoms with van der Waals surface area (Å²) >= 11 is 1.65. The van der Waals surface area contributed by atoms with Crippen molar-refractivity contribution in [2.24, 2.45) is 0 Å². The van der Waals surface area contributed by atoms with Gasteiger partial charge in [-0.05, 0) is 23.5 Å². The molecular formula is C26H32N4OS. The van der Waals surface area contributed by atoms with E-state index in [1.807, 2.05) is 24.3 Å². The molecule has 2 aromatic carbocycles. The number of anilines is 1. The molecule has 1 N–H and O–H groups in total. The summed E-state index contributed by atoms with van der Waals surface area (Å²) in [4.78, 5) is 4.75. The van der Waals surface area contributed by atoms with E-state index in [1.54, 1.807) is 11.8 Å². The van der Waals surface area contributed by atoms with E-state index in [-0.39, 0.29) is 11.6 Å². The van der Waals surface area contributed by atoms with Gasteiger partial charge in [0.15, 0.2) is 11.9 Å². The number of hydrogen-bond acceptors (Lipinski definition) is 6. The highest BCUT2D eigenvalue weighted by atomic mass is 32.2. The number of ether oxygens (including phenoxy) is 1. The number of thioether (sulfide) groups is 1. The van der Waals surface area contributed by atoms with Gasteiger partial charge in [-0.1, -0.05) is 101 Å². The molecule has 4 rings (SSSR count). The lowest BCUT2D eigenvalue weighted by molar-refractivity contribution is 0.225. The summed E-state index contributed by atoms with van der Waals surface area (Å²) in [5.41, 5.74) is 5.05. The van der Waals surface area contributed by atoms with Crippen LogP contribution in [0.2, 0.25) is 0 Å². The van der Waals surface area contributed by atoms with Crippen LogP contribution >= 0.6 is 11.8 Å². The van der Waals surface area contributed by atoms with Crippen LogP contribution in [-0.2, 0) is 5.41 Å². The molecule has 3 aromatic rings. The van der Waals surface area contributed by atoms with E-state index in [4.69, 9.17) is 9.72 Å². The number of aromatic nitrogens is 3. The number of para-hydroxylation sites is 1. The molecule has 0 saturated carbocycles. The molecule has 2 heterocycles. The van der Waals surface area contributed by atoms with Gasteiger partial charge in [-0.25, -0.2) is 0 Å². The summed E-state index contributed by atoms with van der Waals surface area (Å²) in [5.74, 6) is 1.52. The molecule has 0 unspecified atom stereocenters. The predicted molar refractivity (Wildman–Crippen MR) is 132 cm³/mol. The maximum atomic E-state index is 6.40. The molecule has 0 spiro atoms. The third-order valence-electron chi connectivity index (χ3n) is 5.64. The lowest BCUT2D eigenvalue weighted by Crippen LogP contribution is -2.18. The average Bonchev–Trinajstić information content (AvgIpc) is 2.95. The number of fused-ring (bicyclic) bond motifs is 3. The Hall–Kier alpha value is -2.60. The standard InChI is InChI=1S/C26H32N4OS/c1-5-6-7-10-17-32-25-28-24-22(29-30-25)20-11-8-9-12-21(20)27-23(31-24)18-13-15-19(16-14-18)26(2,3)4/h8-9,11-16,23,27H,5-7,10,17H2,1-4H3/t23-/m1/s1. The summed E-state index contributed by atoms with van der Waals surface area (Å²) in [5, 5.41) is 13.1. The van der Waals surface area contributed by atoms with E-state index >= 15 is 0 Å². The molecule has 1 aromatic heterocycles. The topological polar surface area (TPSA) is 59.9 Å². The molecule has 5 nitrogen and oxygen atoms in total. The zero-order chi connectivity index (χ0) is 22.6. The lowest BCUT2D eigenvalue weighted by atomic mass is 9.86. The summed E-state index contributed by atoms with van der Waals surface area (Å²) in [6, 6.07) is 16.7. The van der Waals surface area contributed by atoms with Gasteiger partial charge in [-0.2, -0.15) is 4.98 Å². The molecule has 0 radical (unpaired) electrons. The molecule has 0 bridgehead atoms. The quantitative estimate of drug-likeness (QED) is 0.310. The summed E-state index contributed by atoms with van der Waals surface area (Å²) in [7, 11) is 0.